The monoisotopic (exact) mass is 329 g/mol. The zero-order chi connectivity index (χ0) is 15.0. The molecular weight excluding hydrogens is 306 g/mol. The molecule has 0 radical (unpaired) electrons. The summed E-state index contributed by atoms with van der Waals surface area (Å²) >= 11 is 1.75. The van der Waals surface area contributed by atoms with E-state index in [0.717, 1.165) is 49.6 Å². The van der Waals surface area contributed by atoms with E-state index in [4.69, 9.17) is 0 Å². The zero-order valence-electron chi connectivity index (χ0n) is 12.7. The zero-order valence-corrected chi connectivity index (χ0v) is 14.3. The number of sulfonamides is 1. The second kappa shape index (κ2) is 5.95. The van der Waals surface area contributed by atoms with E-state index in [1.54, 1.807) is 15.6 Å². The first-order valence-corrected chi connectivity index (χ1v) is 9.93. The van der Waals surface area contributed by atoms with Gasteiger partial charge in [-0.05, 0) is 39.7 Å². The Morgan fingerprint density at radius 1 is 1.19 bits per heavy atom. The minimum atomic E-state index is -3.02. The Bertz CT molecular complexity index is 608. The summed E-state index contributed by atoms with van der Waals surface area (Å²) in [5.41, 5.74) is 1.12. The Morgan fingerprint density at radius 3 is 2.57 bits per heavy atom. The van der Waals surface area contributed by atoms with E-state index < -0.39 is 10.0 Å². The molecule has 21 heavy (non-hydrogen) atoms. The molecule has 1 saturated heterocycles. The van der Waals surface area contributed by atoms with Crippen molar-refractivity contribution in [2.75, 3.05) is 26.2 Å². The Morgan fingerprint density at radius 2 is 1.95 bits per heavy atom. The average molecular weight is 329 g/mol. The number of hydrogen-bond acceptors (Lipinski definition) is 5. The highest BCUT2D eigenvalue weighted by atomic mass is 32.2. The van der Waals surface area contributed by atoms with Gasteiger partial charge in [0.1, 0.15) is 0 Å². The smallest absolute Gasteiger partial charge is 0.217 e. The van der Waals surface area contributed by atoms with Gasteiger partial charge in [0.25, 0.3) is 0 Å². The van der Waals surface area contributed by atoms with Crippen molar-refractivity contribution in [3.8, 4) is 0 Å². The Kier molecular flexibility index (Phi) is 4.36. The molecule has 2 aliphatic rings. The number of aryl methyl sites for hydroxylation is 2. The third-order valence-corrected chi connectivity index (χ3v) is 7.68. The summed E-state index contributed by atoms with van der Waals surface area (Å²) in [5.74, 6) is 0. The van der Waals surface area contributed by atoms with Gasteiger partial charge >= 0.3 is 0 Å². The van der Waals surface area contributed by atoms with Crippen LogP contribution in [0.1, 0.15) is 34.8 Å². The van der Waals surface area contributed by atoms with Crippen molar-refractivity contribution in [3.05, 3.63) is 15.6 Å². The largest absolute Gasteiger partial charge is 0.297 e. The second-order valence-electron chi connectivity index (χ2n) is 6.01. The molecule has 0 bridgehead atoms. The highest BCUT2D eigenvalue weighted by Crippen LogP contribution is 2.31. The van der Waals surface area contributed by atoms with Crippen LogP contribution in [0, 0.1) is 13.8 Å². The molecule has 1 aromatic rings. The van der Waals surface area contributed by atoms with Crippen molar-refractivity contribution in [3.63, 3.8) is 0 Å². The number of thiazole rings is 1. The van der Waals surface area contributed by atoms with E-state index in [-0.39, 0.29) is 5.25 Å². The quantitative estimate of drug-likeness (QED) is 0.845. The van der Waals surface area contributed by atoms with Gasteiger partial charge in [-0.15, -0.1) is 11.3 Å². The molecule has 1 aliphatic carbocycles. The molecule has 0 unspecified atom stereocenters. The summed E-state index contributed by atoms with van der Waals surface area (Å²) < 4.78 is 26.4. The first-order chi connectivity index (χ1) is 9.96. The SMILES string of the molecule is Cc1nc(C)c(CN2CCCN(S(=O)(=O)C3CC3)CC2)s1. The van der Waals surface area contributed by atoms with Gasteiger partial charge in [0, 0.05) is 31.1 Å². The minimum absolute atomic E-state index is 0.0876. The van der Waals surface area contributed by atoms with Crippen molar-refractivity contribution in [2.24, 2.45) is 0 Å². The van der Waals surface area contributed by atoms with Crippen molar-refractivity contribution >= 4 is 21.4 Å². The topological polar surface area (TPSA) is 53.5 Å². The molecule has 7 heteroatoms. The van der Waals surface area contributed by atoms with E-state index in [0.29, 0.717) is 13.1 Å². The van der Waals surface area contributed by atoms with Crippen LogP contribution in [0.4, 0.5) is 0 Å². The van der Waals surface area contributed by atoms with E-state index in [9.17, 15) is 8.42 Å². The fourth-order valence-electron chi connectivity index (χ4n) is 2.86. The number of hydrogen-bond donors (Lipinski definition) is 0. The highest BCUT2D eigenvalue weighted by Gasteiger charge is 2.40. The summed E-state index contributed by atoms with van der Waals surface area (Å²) in [6.07, 6.45) is 2.62. The number of rotatable bonds is 4. The van der Waals surface area contributed by atoms with Gasteiger partial charge in [0.15, 0.2) is 0 Å². The van der Waals surface area contributed by atoms with Gasteiger partial charge in [0.05, 0.1) is 16.0 Å². The predicted octanol–water partition coefficient (Wildman–Crippen LogP) is 1.76. The van der Waals surface area contributed by atoms with Crippen LogP contribution in [0.3, 0.4) is 0 Å². The van der Waals surface area contributed by atoms with Gasteiger partial charge in [0.2, 0.25) is 10.0 Å². The number of aromatic nitrogens is 1. The molecule has 1 aromatic heterocycles. The highest BCUT2D eigenvalue weighted by molar-refractivity contribution is 7.90. The lowest BCUT2D eigenvalue weighted by molar-refractivity contribution is 0.280. The second-order valence-corrected chi connectivity index (χ2v) is 9.52. The maximum atomic E-state index is 12.3. The summed E-state index contributed by atoms with van der Waals surface area (Å²) in [6.45, 7) is 8.09. The van der Waals surface area contributed by atoms with Crippen molar-refractivity contribution < 1.29 is 8.42 Å². The molecule has 1 aliphatic heterocycles. The van der Waals surface area contributed by atoms with Crippen LogP contribution < -0.4 is 0 Å². The summed E-state index contributed by atoms with van der Waals surface area (Å²) in [5, 5.41) is 1.02. The summed E-state index contributed by atoms with van der Waals surface area (Å²) in [4.78, 5) is 8.15. The van der Waals surface area contributed by atoms with E-state index >= 15 is 0 Å². The third-order valence-electron chi connectivity index (χ3n) is 4.22. The first-order valence-electron chi connectivity index (χ1n) is 7.61. The molecule has 3 rings (SSSR count). The van der Waals surface area contributed by atoms with E-state index in [1.165, 1.54) is 4.88 Å². The molecule has 2 heterocycles. The molecule has 0 N–H and O–H groups in total. The summed E-state index contributed by atoms with van der Waals surface area (Å²) in [7, 11) is -3.02. The fourth-order valence-corrected chi connectivity index (χ4v) is 5.71. The lowest BCUT2D eigenvalue weighted by atomic mass is 10.3. The number of nitrogens with zero attached hydrogens (tertiary/aromatic N) is 3. The predicted molar refractivity (Wildman–Crippen MR) is 85.0 cm³/mol. The molecule has 2 fully saturated rings. The molecule has 118 valence electrons. The van der Waals surface area contributed by atoms with Crippen LogP contribution in [0.5, 0.6) is 0 Å². The molecule has 0 atom stereocenters. The van der Waals surface area contributed by atoms with E-state index in [2.05, 4.69) is 16.8 Å². The van der Waals surface area contributed by atoms with Gasteiger partial charge in [-0.25, -0.2) is 17.7 Å². The molecular formula is C14H23N3O2S2. The Labute approximate surface area is 131 Å². The van der Waals surface area contributed by atoms with Crippen LogP contribution >= 0.6 is 11.3 Å². The van der Waals surface area contributed by atoms with Crippen LogP contribution in [0.2, 0.25) is 0 Å². The Hall–Kier alpha value is -0.500. The third kappa shape index (κ3) is 3.47. The molecule has 5 nitrogen and oxygen atoms in total. The molecule has 1 saturated carbocycles. The normalized spacial score (nSPS) is 22.4. The minimum Gasteiger partial charge on any atom is -0.297 e. The first kappa shape index (κ1) is 15.4. The standard InChI is InChI=1S/C14H23N3O2S2/c1-11-14(20-12(2)15-11)10-16-6-3-7-17(9-8-16)21(18,19)13-4-5-13/h13H,3-10H2,1-2H3. The molecule has 0 spiro atoms. The lowest BCUT2D eigenvalue weighted by Crippen LogP contribution is -2.37. The Balaban J connectivity index is 1.62. The van der Waals surface area contributed by atoms with Crippen molar-refractivity contribution in [1.82, 2.24) is 14.2 Å². The maximum absolute atomic E-state index is 12.3. The lowest BCUT2D eigenvalue weighted by Gasteiger charge is -2.21. The van der Waals surface area contributed by atoms with Crippen molar-refractivity contribution in [1.29, 1.82) is 0 Å². The van der Waals surface area contributed by atoms with Gasteiger partial charge < -0.3 is 0 Å². The van der Waals surface area contributed by atoms with Crippen molar-refractivity contribution in [2.45, 2.75) is 44.9 Å². The van der Waals surface area contributed by atoms with Crippen LogP contribution in [0.15, 0.2) is 0 Å². The molecule has 0 aromatic carbocycles. The van der Waals surface area contributed by atoms with Gasteiger partial charge in [-0.2, -0.15) is 0 Å². The average Bonchev–Trinajstić information content (AvgIpc) is 3.22. The molecule has 0 amide bonds. The van der Waals surface area contributed by atoms with Crippen LogP contribution in [0.25, 0.3) is 0 Å². The van der Waals surface area contributed by atoms with E-state index in [1.807, 2.05) is 6.92 Å². The maximum Gasteiger partial charge on any atom is 0.217 e. The summed E-state index contributed by atoms with van der Waals surface area (Å²) in [6, 6.07) is 0. The van der Waals surface area contributed by atoms with Gasteiger partial charge in [-0.3, -0.25) is 4.90 Å². The van der Waals surface area contributed by atoms with Gasteiger partial charge in [-0.1, -0.05) is 0 Å². The fraction of sp³-hybridized carbons (Fsp3) is 0.786. The van der Waals surface area contributed by atoms with Crippen LogP contribution in [-0.4, -0.2) is 54.0 Å². The van der Waals surface area contributed by atoms with Crippen LogP contribution in [-0.2, 0) is 16.6 Å².